The Bertz CT molecular complexity index is 863. The monoisotopic (exact) mass is 395 g/mol. The number of furan rings is 1. The van der Waals surface area contributed by atoms with E-state index in [0.717, 1.165) is 18.4 Å². The van der Waals surface area contributed by atoms with Gasteiger partial charge in [-0.3, -0.25) is 4.79 Å². The summed E-state index contributed by atoms with van der Waals surface area (Å²) in [6.45, 7) is -1.98. The summed E-state index contributed by atoms with van der Waals surface area (Å²) in [7, 11) is -3.66. The number of hydrogen-bond acceptors (Lipinski definition) is 4. The maximum atomic E-state index is 12.8. The van der Waals surface area contributed by atoms with Crippen molar-refractivity contribution in [2.24, 2.45) is 0 Å². The molecule has 0 saturated carbocycles. The van der Waals surface area contributed by atoms with Gasteiger partial charge in [-0.1, -0.05) is 11.6 Å². The van der Waals surface area contributed by atoms with Crippen LogP contribution in [0.5, 0.6) is 0 Å². The summed E-state index contributed by atoms with van der Waals surface area (Å²) < 4.78 is 66.7. The fourth-order valence-corrected chi connectivity index (χ4v) is 2.92. The van der Waals surface area contributed by atoms with E-state index in [4.69, 9.17) is 16.0 Å². The highest BCUT2D eigenvalue weighted by Crippen LogP contribution is 2.25. The van der Waals surface area contributed by atoms with E-state index in [1.807, 2.05) is 0 Å². The molecule has 0 N–H and O–H groups in total. The average molecular weight is 396 g/mol. The topological polar surface area (TPSA) is 67.6 Å². The molecular weight excluding hydrogens is 383 g/mol. The van der Waals surface area contributed by atoms with E-state index in [-0.39, 0.29) is 21.2 Å². The molecule has 0 bridgehead atoms. The Morgan fingerprint density at radius 1 is 1.28 bits per heavy atom. The van der Waals surface area contributed by atoms with Crippen molar-refractivity contribution in [2.75, 3.05) is 12.8 Å². The second kappa shape index (κ2) is 7.09. The van der Waals surface area contributed by atoms with E-state index in [9.17, 15) is 26.4 Å². The third-order valence-electron chi connectivity index (χ3n) is 3.18. The molecule has 136 valence electrons. The van der Waals surface area contributed by atoms with Crippen LogP contribution in [0, 0.1) is 0 Å². The lowest BCUT2D eigenvalue weighted by Gasteiger charge is -2.23. The van der Waals surface area contributed by atoms with Crippen molar-refractivity contribution < 1.29 is 30.8 Å². The van der Waals surface area contributed by atoms with Crippen molar-refractivity contribution in [3.8, 4) is 0 Å². The largest absolute Gasteiger partial charge is 0.467 e. The van der Waals surface area contributed by atoms with Crippen LogP contribution in [0.15, 0.2) is 45.9 Å². The molecule has 5 nitrogen and oxygen atoms in total. The van der Waals surface area contributed by atoms with E-state index in [2.05, 4.69) is 0 Å². The fourth-order valence-electron chi connectivity index (χ4n) is 2.08. The van der Waals surface area contributed by atoms with Gasteiger partial charge < -0.3 is 9.32 Å². The molecule has 1 aromatic carbocycles. The van der Waals surface area contributed by atoms with Gasteiger partial charge in [-0.05, 0) is 30.3 Å². The number of rotatable bonds is 5. The van der Waals surface area contributed by atoms with Crippen molar-refractivity contribution in [2.45, 2.75) is 17.6 Å². The number of benzene rings is 1. The van der Waals surface area contributed by atoms with Gasteiger partial charge in [0, 0.05) is 6.26 Å². The number of amides is 1. The average Bonchev–Trinajstić information content (AvgIpc) is 2.96. The number of nitrogens with zero attached hydrogens (tertiary/aromatic N) is 1. The van der Waals surface area contributed by atoms with Crippen LogP contribution in [0.3, 0.4) is 0 Å². The molecular formula is C15H13ClF3NO4S. The first kappa shape index (κ1) is 19.3. The summed E-state index contributed by atoms with van der Waals surface area (Å²) in [4.78, 5) is 12.8. The zero-order valence-corrected chi connectivity index (χ0v) is 14.5. The molecule has 0 unspecified atom stereocenters. The Balaban J connectivity index is 2.41. The number of sulfone groups is 1. The Kier molecular flexibility index (Phi) is 5.48. The first-order valence-electron chi connectivity index (χ1n) is 6.85. The molecule has 0 aliphatic carbocycles. The van der Waals surface area contributed by atoms with E-state index in [0.29, 0.717) is 4.90 Å². The zero-order chi connectivity index (χ0) is 18.8. The minimum Gasteiger partial charge on any atom is -0.467 e. The summed E-state index contributed by atoms with van der Waals surface area (Å²) in [6.07, 6.45) is -2.47. The summed E-state index contributed by atoms with van der Waals surface area (Å²) >= 11 is 5.89. The second-order valence-corrected chi connectivity index (χ2v) is 7.69. The molecule has 25 heavy (non-hydrogen) atoms. The van der Waals surface area contributed by atoms with Crippen LogP contribution < -0.4 is 0 Å². The lowest BCUT2D eigenvalue weighted by atomic mass is 10.2. The van der Waals surface area contributed by atoms with Gasteiger partial charge in [0.15, 0.2) is 9.84 Å². The Hall–Kier alpha value is -2.00. The number of alkyl halides is 3. The Morgan fingerprint density at radius 3 is 2.48 bits per heavy atom. The van der Waals surface area contributed by atoms with Gasteiger partial charge >= 0.3 is 6.18 Å². The smallest absolute Gasteiger partial charge is 0.406 e. The van der Waals surface area contributed by atoms with Gasteiger partial charge in [0.25, 0.3) is 5.91 Å². The maximum Gasteiger partial charge on any atom is 0.406 e. The van der Waals surface area contributed by atoms with E-state index in [1.165, 1.54) is 24.5 Å². The van der Waals surface area contributed by atoms with Gasteiger partial charge in [0.05, 0.1) is 28.3 Å². The van der Waals surface area contributed by atoms with Gasteiger partial charge in [0.2, 0.25) is 0 Å². The SMILES string of the molecule is CS(=O)(=O)c1ccc(Cl)c(C(=O)N(Cc2ccco2)CC(F)(F)F)c1. The molecule has 1 aromatic heterocycles. The second-order valence-electron chi connectivity index (χ2n) is 5.27. The Morgan fingerprint density at radius 2 is 1.96 bits per heavy atom. The lowest BCUT2D eigenvalue weighted by molar-refractivity contribution is -0.142. The van der Waals surface area contributed by atoms with E-state index < -0.39 is 35.0 Å². The highest BCUT2D eigenvalue weighted by Gasteiger charge is 2.34. The minimum absolute atomic E-state index is 0.146. The Labute approximate surface area is 146 Å². The summed E-state index contributed by atoms with van der Waals surface area (Å²) in [5.74, 6) is -0.905. The van der Waals surface area contributed by atoms with E-state index >= 15 is 0 Å². The van der Waals surface area contributed by atoms with Crippen molar-refractivity contribution in [3.05, 3.63) is 52.9 Å². The van der Waals surface area contributed by atoms with Crippen LogP contribution in [-0.2, 0) is 16.4 Å². The highest BCUT2D eigenvalue weighted by molar-refractivity contribution is 7.90. The zero-order valence-electron chi connectivity index (χ0n) is 12.9. The molecule has 2 aromatic rings. The normalized spacial score (nSPS) is 12.2. The lowest BCUT2D eigenvalue weighted by Crippen LogP contribution is -2.38. The summed E-state index contributed by atoms with van der Waals surface area (Å²) in [5.41, 5.74) is -0.333. The highest BCUT2D eigenvalue weighted by atomic mass is 35.5. The van der Waals surface area contributed by atoms with Crippen molar-refractivity contribution >= 4 is 27.3 Å². The summed E-state index contributed by atoms with van der Waals surface area (Å²) in [6, 6.07) is 6.19. The molecule has 1 heterocycles. The third kappa shape index (κ3) is 5.23. The first-order valence-corrected chi connectivity index (χ1v) is 9.12. The van der Waals surface area contributed by atoms with Gasteiger partial charge in [-0.15, -0.1) is 0 Å². The van der Waals surface area contributed by atoms with Gasteiger partial charge in [0.1, 0.15) is 12.3 Å². The molecule has 0 aliphatic heterocycles. The quantitative estimate of drug-likeness (QED) is 0.776. The van der Waals surface area contributed by atoms with Crippen molar-refractivity contribution in [1.82, 2.24) is 4.90 Å². The molecule has 0 spiro atoms. The third-order valence-corrected chi connectivity index (χ3v) is 4.62. The fraction of sp³-hybridized carbons (Fsp3) is 0.267. The van der Waals surface area contributed by atoms with Crippen LogP contribution in [0.4, 0.5) is 13.2 Å². The predicted molar refractivity (Wildman–Crippen MR) is 84.1 cm³/mol. The number of carbonyl (C=O) groups is 1. The maximum absolute atomic E-state index is 12.8. The number of carbonyl (C=O) groups excluding carboxylic acids is 1. The molecule has 0 fully saturated rings. The van der Waals surface area contributed by atoms with Crippen molar-refractivity contribution in [1.29, 1.82) is 0 Å². The molecule has 0 atom stereocenters. The molecule has 0 aliphatic rings. The van der Waals surface area contributed by atoms with E-state index in [1.54, 1.807) is 0 Å². The minimum atomic E-state index is -4.65. The molecule has 1 amide bonds. The predicted octanol–water partition coefficient (Wildman–Crippen LogP) is 3.54. The number of hydrogen-bond donors (Lipinski definition) is 0. The molecule has 0 saturated heterocycles. The molecule has 10 heteroatoms. The molecule has 0 radical (unpaired) electrons. The van der Waals surface area contributed by atoms with Crippen LogP contribution in [0.25, 0.3) is 0 Å². The van der Waals surface area contributed by atoms with Crippen LogP contribution in [0.1, 0.15) is 16.1 Å². The number of halogens is 4. The standard InChI is InChI=1S/C15H13ClF3NO4S/c1-25(22,23)11-4-5-13(16)12(7-11)14(21)20(9-15(17,18)19)8-10-3-2-6-24-10/h2-7H,8-9H2,1H3. The van der Waals surface area contributed by atoms with Crippen LogP contribution >= 0.6 is 11.6 Å². The van der Waals surface area contributed by atoms with Crippen molar-refractivity contribution in [3.63, 3.8) is 0 Å². The first-order chi connectivity index (χ1) is 11.5. The van der Waals surface area contributed by atoms with Gasteiger partial charge in [-0.25, -0.2) is 8.42 Å². The van der Waals surface area contributed by atoms with Crippen LogP contribution in [-0.4, -0.2) is 38.2 Å². The van der Waals surface area contributed by atoms with Gasteiger partial charge in [-0.2, -0.15) is 13.2 Å². The van der Waals surface area contributed by atoms with Crippen LogP contribution in [0.2, 0.25) is 5.02 Å². The molecule has 2 rings (SSSR count). The summed E-state index contributed by atoms with van der Waals surface area (Å²) in [5, 5.41) is -0.149.